The molecule has 2 aromatic carbocycles. The van der Waals surface area contributed by atoms with Gasteiger partial charge in [0.25, 0.3) is 0 Å². The zero-order valence-electron chi connectivity index (χ0n) is 12.0. The molecule has 0 amide bonds. The molecule has 1 aromatic heterocycles. The maximum atomic E-state index is 12.8. The second-order valence-electron chi connectivity index (χ2n) is 5.05. The Morgan fingerprint density at radius 1 is 1.24 bits per heavy atom. The first-order valence-electron chi connectivity index (χ1n) is 6.59. The number of imidazole rings is 1. The van der Waals surface area contributed by atoms with Crippen LogP contribution in [0.1, 0.15) is 5.56 Å². The van der Waals surface area contributed by atoms with Crippen molar-refractivity contribution in [1.82, 2.24) is 9.55 Å². The van der Waals surface area contributed by atoms with Crippen molar-refractivity contribution >= 4 is 28.3 Å². The zero-order chi connectivity index (χ0) is 18.5. The highest BCUT2D eigenvalue weighted by Gasteiger charge is 2.31. The van der Waals surface area contributed by atoms with E-state index in [1.54, 1.807) is 0 Å². The number of hydrogen-bond donors (Lipinski definition) is 2. The molecule has 0 radical (unpaired) electrons. The molecular weight excluding hydrogens is 367 g/mol. The molecule has 11 heteroatoms. The van der Waals surface area contributed by atoms with E-state index in [0.717, 1.165) is 34.9 Å². The van der Waals surface area contributed by atoms with Crippen molar-refractivity contribution in [3.05, 3.63) is 61.5 Å². The Morgan fingerprint density at radius 2 is 1.92 bits per heavy atom. The van der Waals surface area contributed by atoms with Gasteiger partial charge < -0.3 is 10.1 Å². The Kier molecular flexibility index (Phi) is 3.72. The van der Waals surface area contributed by atoms with Crippen molar-refractivity contribution in [3.8, 4) is 11.4 Å². The molecule has 3 aromatic rings. The van der Waals surface area contributed by atoms with Crippen LogP contribution in [0.15, 0.2) is 35.1 Å². The minimum Gasteiger partial charge on any atom is -0.501 e. The van der Waals surface area contributed by atoms with Gasteiger partial charge in [-0.25, -0.2) is 4.79 Å². The number of phenolic OH excluding ortho intramolecular Hbond substituents is 1. The summed E-state index contributed by atoms with van der Waals surface area (Å²) >= 11 is 5.78. The lowest BCUT2D eigenvalue weighted by Crippen LogP contribution is -2.15. The molecule has 0 saturated carbocycles. The number of alkyl halides is 3. The van der Waals surface area contributed by atoms with Gasteiger partial charge in [0.1, 0.15) is 5.69 Å². The van der Waals surface area contributed by atoms with Crippen LogP contribution in [0.4, 0.5) is 18.9 Å². The van der Waals surface area contributed by atoms with Gasteiger partial charge in [0.2, 0.25) is 5.75 Å². The summed E-state index contributed by atoms with van der Waals surface area (Å²) < 4.78 is 39.1. The summed E-state index contributed by atoms with van der Waals surface area (Å²) in [7, 11) is 0. The molecule has 0 aliphatic rings. The number of nitrogens with one attached hydrogen (secondary N) is 1. The van der Waals surface area contributed by atoms with Gasteiger partial charge in [-0.15, -0.1) is 0 Å². The Bertz CT molecular complexity index is 1070. The normalized spacial score (nSPS) is 11.8. The van der Waals surface area contributed by atoms with E-state index in [4.69, 9.17) is 11.6 Å². The Labute approximate surface area is 141 Å². The van der Waals surface area contributed by atoms with Gasteiger partial charge in [-0.3, -0.25) is 14.7 Å². The van der Waals surface area contributed by atoms with E-state index in [2.05, 4.69) is 4.98 Å². The molecule has 0 aliphatic carbocycles. The molecule has 2 N–H and O–H groups in total. The molecule has 0 atom stereocenters. The van der Waals surface area contributed by atoms with Crippen molar-refractivity contribution in [3.63, 3.8) is 0 Å². The number of phenols is 1. The number of nitro groups is 1. The van der Waals surface area contributed by atoms with Crippen LogP contribution in [0.5, 0.6) is 5.75 Å². The first-order valence-corrected chi connectivity index (χ1v) is 6.96. The third-order valence-corrected chi connectivity index (χ3v) is 3.70. The molecule has 1 heterocycles. The van der Waals surface area contributed by atoms with E-state index in [1.165, 1.54) is 0 Å². The number of halogens is 4. The topological polar surface area (TPSA) is 101 Å². The van der Waals surface area contributed by atoms with Gasteiger partial charge in [0, 0.05) is 11.1 Å². The summed E-state index contributed by atoms with van der Waals surface area (Å²) in [5.74, 6) is -0.836. The van der Waals surface area contributed by atoms with Crippen molar-refractivity contribution in [2.24, 2.45) is 0 Å². The van der Waals surface area contributed by atoms with Gasteiger partial charge in [-0.1, -0.05) is 11.6 Å². The fraction of sp³-hybridized carbons (Fsp3) is 0.0714. The molecule has 7 nitrogen and oxygen atoms in total. The van der Waals surface area contributed by atoms with Gasteiger partial charge in [-0.2, -0.15) is 13.2 Å². The highest BCUT2D eigenvalue weighted by Crippen LogP contribution is 2.37. The van der Waals surface area contributed by atoms with E-state index in [-0.39, 0.29) is 21.7 Å². The predicted octanol–water partition coefficient (Wildman–Crippen LogP) is 3.60. The molecule has 0 saturated heterocycles. The summed E-state index contributed by atoms with van der Waals surface area (Å²) in [5, 5.41) is 20.9. The number of aromatic amines is 1. The third kappa shape index (κ3) is 2.80. The Balaban J connectivity index is 2.32. The lowest BCUT2D eigenvalue weighted by Gasteiger charge is -2.09. The summed E-state index contributed by atoms with van der Waals surface area (Å²) in [6.45, 7) is 0. The van der Waals surface area contributed by atoms with Crippen LogP contribution in [0.3, 0.4) is 0 Å². The van der Waals surface area contributed by atoms with Crippen LogP contribution in [0.25, 0.3) is 16.7 Å². The summed E-state index contributed by atoms with van der Waals surface area (Å²) in [5.41, 5.74) is -3.09. The van der Waals surface area contributed by atoms with Gasteiger partial charge >= 0.3 is 17.6 Å². The highest BCUT2D eigenvalue weighted by atomic mass is 35.5. The molecule has 25 heavy (non-hydrogen) atoms. The van der Waals surface area contributed by atoms with Crippen LogP contribution in [-0.2, 0) is 6.18 Å². The number of nitro benzene ring substituents is 1. The van der Waals surface area contributed by atoms with Crippen LogP contribution >= 0.6 is 11.6 Å². The minimum absolute atomic E-state index is 0.00938. The lowest BCUT2D eigenvalue weighted by molar-refractivity contribution is -0.385. The molecule has 0 spiro atoms. The standard InChI is InChI=1S/C14H7ClF3N3O4/c15-7-4-10(12(22)11(5-7)21(24)25)20-9-2-1-6(14(16,17)18)3-8(9)19-13(20)23/h1-5,22H,(H,19,23). The number of hydrogen-bond acceptors (Lipinski definition) is 4. The van der Waals surface area contributed by atoms with Crippen molar-refractivity contribution in [1.29, 1.82) is 0 Å². The Hall–Kier alpha value is -3.01. The maximum absolute atomic E-state index is 12.8. The smallest absolute Gasteiger partial charge is 0.416 e. The average molecular weight is 374 g/mol. The fourth-order valence-electron chi connectivity index (χ4n) is 2.41. The van der Waals surface area contributed by atoms with Crippen LogP contribution < -0.4 is 5.69 Å². The number of aromatic hydroxyl groups is 1. The number of benzene rings is 2. The zero-order valence-corrected chi connectivity index (χ0v) is 12.7. The number of nitrogens with zero attached hydrogens (tertiary/aromatic N) is 2. The monoisotopic (exact) mass is 373 g/mol. The second-order valence-corrected chi connectivity index (χ2v) is 5.48. The molecule has 0 aliphatic heterocycles. The van der Waals surface area contributed by atoms with Crippen LogP contribution in [-0.4, -0.2) is 19.6 Å². The van der Waals surface area contributed by atoms with E-state index >= 15 is 0 Å². The summed E-state index contributed by atoms with van der Waals surface area (Å²) in [6.07, 6.45) is -4.61. The quantitative estimate of drug-likeness (QED) is 0.529. The van der Waals surface area contributed by atoms with Crippen LogP contribution in [0, 0.1) is 10.1 Å². The minimum atomic E-state index is -4.61. The molecule has 0 bridgehead atoms. The van der Waals surface area contributed by atoms with E-state index in [9.17, 15) is 33.2 Å². The van der Waals surface area contributed by atoms with E-state index < -0.39 is 33.8 Å². The molecule has 0 unspecified atom stereocenters. The summed E-state index contributed by atoms with van der Waals surface area (Å²) in [4.78, 5) is 24.4. The van der Waals surface area contributed by atoms with E-state index in [0.29, 0.717) is 0 Å². The number of aromatic nitrogens is 2. The summed E-state index contributed by atoms with van der Waals surface area (Å²) in [6, 6.07) is 4.48. The van der Waals surface area contributed by atoms with E-state index in [1.807, 2.05) is 0 Å². The fourth-order valence-corrected chi connectivity index (χ4v) is 2.61. The van der Waals surface area contributed by atoms with Gasteiger partial charge in [-0.05, 0) is 24.3 Å². The second kappa shape index (κ2) is 5.52. The number of H-pyrrole nitrogens is 1. The largest absolute Gasteiger partial charge is 0.501 e. The van der Waals surface area contributed by atoms with Crippen molar-refractivity contribution in [2.75, 3.05) is 0 Å². The third-order valence-electron chi connectivity index (χ3n) is 3.48. The van der Waals surface area contributed by atoms with Gasteiger partial charge in [0.05, 0.1) is 21.5 Å². The molecular formula is C14H7ClF3N3O4. The molecule has 3 rings (SSSR count). The number of rotatable bonds is 2. The SMILES string of the molecule is O=c1[nH]c2cc(C(F)(F)F)ccc2n1-c1cc(Cl)cc([N+](=O)[O-])c1O. The predicted molar refractivity (Wildman–Crippen MR) is 82.2 cm³/mol. The lowest BCUT2D eigenvalue weighted by atomic mass is 10.2. The maximum Gasteiger partial charge on any atom is 0.416 e. The number of fused-ring (bicyclic) bond motifs is 1. The van der Waals surface area contributed by atoms with Crippen molar-refractivity contribution in [2.45, 2.75) is 6.18 Å². The van der Waals surface area contributed by atoms with Crippen LogP contribution in [0.2, 0.25) is 5.02 Å². The first kappa shape index (κ1) is 16.8. The Morgan fingerprint density at radius 3 is 2.52 bits per heavy atom. The molecule has 130 valence electrons. The first-order chi connectivity index (χ1) is 11.6. The van der Waals surface area contributed by atoms with Crippen molar-refractivity contribution < 1.29 is 23.2 Å². The van der Waals surface area contributed by atoms with Gasteiger partial charge in [0.15, 0.2) is 0 Å². The highest BCUT2D eigenvalue weighted by molar-refractivity contribution is 6.31. The average Bonchev–Trinajstić information content (AvgIpc) is 2.83. The molecule has 0 fully saturated rings.